The van der Waals surface area contributed by atoms with Crippen molar-refractivity contribution in [1.82, 2.24) is 0 Å². The highest BCUT2D eigenvalue weighted by Gasteiger charge is 2.48. The van der Waals surface area contributed by atoms with E-state index in [0.29, 0.717) is 0 Å². The van der Waals surface area contributed by atoms with E-state index in [-0.39, 0.29) is 5.75 Å². The lowest BCUT2D eigenvalue weighted by atomic mass is 9.95. The summed E-state index contributed by atoms with van der Waals surface area (Å²) in [5.74, 6) is 0.289. The lowest BCUT2D eigenvalue weighted by Gasteiger charge is -2.15. The molecule has 3 nitrogen and oxygen atoms in total. The van der Waals surface area contributed by atoms with Crippen molar-refractivity contribution in [3.63, 3.8) is 0 Å². The number of fused-ring (bicyclic) bond motifs is 1. The fraction of sp³-hybridized carbons (Fsp3) is 0.462. The molecule has 2 aliphatic carbocycles. The molecule has 0 aromatic heterocycles. The maximum absolute atomic E-state index is 10.5. The number of aliphatic imine (C=N–C) groups is 1. The number of rotatable bonds is 2. The maximum Gasteiger partial charge on any atom is 0.235 e. The minimum Gasteiger partial charge on any atom is -0.508 e. The molecule has 1 saturated carbocycles. The van der Waals surface area contributed by atoms with Crippen LogP contribution in [0, 0.1) is 0 Å². The number of nitrogens with zero attached hydrogens (tertiary/aromatic N) is 1. The molecule has 0 spiro atoms. The van der Waals surface area contributed by atoms with Crippen LogP contribution in [0.15, 0.2) is 17.1 Å². The van der Waals surface area contributed by atoms with Gasteiger partial charge in [0, 0.05) is 5.56 Å². The lowest BCUT2D eigenvalue weighted by molar-refractivity contribution is 0.458. The number of hydrogen-bond donors (Lipinski definition) is 1. The van der Waals surface area contributed by atoms with E-state index in [1.807, 2.05) is 6.07 Å². The number of aromatic hydroxyl groups is 1. The predicted molar refractivity (Wildman–Crippen MR) is 59.2 cm³/mol. The summed E-state index contributed by atoms with van der Waals surface area (Å²) in [6, 6.07) is 3.72. The Morgan fingerprint density at radius 1 is 1.31 bits per heavy atom. The van der Waals surface area contributed by atoms with E-state index in [1.165, 1.54) is 11.1 Å². The van der Waals surface area contributed by atoms with Gasteiger partial charge < -0.3 is 5.11 Å². The summed E-state index contributed by atoms with van der Waals surface area (Å²) in [5.41, 5.74) is 2.98. The summed E-state index contributed by atoms with van der Waals surface area (Å²) >= 11 is 0. The van der Waals surface area contributed by atoms with Crippen molar-refractivity contribution in [2.45, 2.75) is 37.6 Å². The highest BCUT2D eigenvalue weighted by molar-refractivity contribution is 5.54. The minimum atomic E-state index is -0.443. The molecular weight excluding hydrogens is 202 g/mol. The second-order valence-corrected chi connectivity index (χ2v) is 4.69. The third-order valence-corrected chi connectivity index (χ3v) is 3.71. The van der Waals surface area contributed by atoms with Crippen molar-refractivity contribution in [1.29, 1.82) is 0 Å². The van der Waals surface area contributed by atoms with Crippen molar-refractivity contribution < 1.29 is 9.90 Å². The molecule has 0 heterocycles. The van der Waals surface area contributed by atoms with E-state index < -0.39 is 5.54 Å². The van der Waals surface area contributed by atoms with Gasteiger partial charge in [-0.15, -0.1) is 0 Å². The van der Waals surface area contributed by atoms with Crippen LogP contribution in [-0.4, -0.2) is 11.2 Å². The minimum absolute atomic E-state index is 0.289. The Kier molecular flexibility index (Phi) is 1.92. The number of isocyanates is 1. The number of phenolic OH excluding ortho intramolecular Hbond substituents is 1. The van der Waals surface area contributed by atoms with Crippen LogP contribution in [0.5, 0.6) is 5.75 Å². The molecule has 1 fully saturated rings. The van der Waals surface area contributed by atoms with Gasteiger partial charge in [0.2, 0.25) is 6.08 Å². The fourth-order valence-corrected chi connectivity index (χ4v) is 2.80. The quantitative estimate of drug-likeness (QED) is 0.607. The van der Waals surface area contributed by atoms with E-state index in [0.717, 1.165) is 37.7 Å². The van der Waals surface area contributed by atoms with Crippen molar-refractivity contribution >= 4 is 6.08 Å². The molecule has 1 aromatic rings. The van der Waals surface area contributed by atoms with Gasteiger partial charge in [-0.2, -0.15) is 4.99 Å². The number of phenols is 1. The third kappa shape index (κ3) is 1.22. The van der Waals surface area contributed by atoms with Crippen molar-refractivity contribution in [3.8, 4) is 5.75 Å². The number of benzene rings is 1. The SMILES string of the molecule is O=C=NC1(c2c(O)ccc3c2CCC3)CC1. The van der Waals surface area contributed by atoms with E-state index in [4.69, 9.17) is 0 Å². The van der Waals surface area contributed by atoms with Gasteiger partial charge in [0.15, 0.2) is 0 Å². The Morgan fingerprint density at radius 3 is 2.81 bits per heavy atom. The smallest absolute Gasteiger partial charge is 0.235 e. The van der Waals surface area contributed by atoms with Crippen LogP contribution in [0.25, 0.3) is 0 Å². The summed E-state index contributed by atoms with van der Waals surface area (Å²) in [5, 5.41) is 9.99. The van der Waals surface area contributed by atoms with Crippen molar-refractivity contribution in [2.75, 3.05) is 0 Å². The molecule has 1 aromatic carbocycles. The Morgan fingerprint density at radius 2 is 2.12 bits per heavy atom. The summed E-state index contributed by atoms with van der Waals surface area (Å²) < 4.78 is 0. The van der Waals surface area contributed by atoms with E-state index in [1.54, 1.807) is 12.1 Å². The van der Waals surface area contributed by atoms with Gasteiger partial charge in [-0.25, -0.2) is 4.79 Å². The van der Waals surface area contributed by atoms with Crippen LogP contribution < -0.4 is 0 Å². The topological polar surface area (TPSA) is 49.7 Å². The van der Waals surface area contributed by atoms with Gasteiger partial charge in [-0.3, -0.25) is 0 Å². The van der Waals surface area contributed by atoms with Crippen LogP contribution in [0.3, 0.4) is 0 Å². The van der Waals surface area contributed by atoms with Crippen molar-refractivity contribution in [2.24, 2.45) is 4.99 Å². The largest absolute Gasteiger partial charge is 0.508 e. The average Bonchev–Trinajstić information content (AvgIpc) is 2.89. The summed E-state index contributed by atoms with van der Waals surface area (Å²) in [6.45, 7) is 0. The summed E-state index contributed by atoms with van der Waals surface area (Å²) in [6.07, 6.45) is 6.56. The van der Waals surface area contributed by atoms with Crippen LogP contribution >= 0.6 is 0 Å². The lowest BCUT2D eigenvalue weighted by Crippen LogP contribution is -2.07. The number of carbonyl (C=O) groups excluding carboxylic acids is 1. The van der Waals surface area contributed by atoms with E-state index in [9.17, 15) is 9.90 Å². The first-order chi connectivity index (χ1) is 7.77. The highest BCUT2D eigenvalue weighted by atomic mass is 16.3. The Bertz CT molecular complexity index is 497. The molecule has 2 aliphatic rings. The maximum atomic E-state index is 10.5. The van der Waals surface area contributed by atoms with Gasteiger partial charge in [0.1, 0.15) is 11.3 Å². The molecule has 16 heavy (non-hydrogen) atoms. The molecule has 3 rings (SSSR count). The summed E-state index contributed by atoms with van der Waals surface area (Å²) in [7, 11) is 0. The fourth-order valence-electron chi connectivity index (χ4n) is 2.80. The molecule has 0 unspecified atom stereocenters. The van der Waals surface area contributed by atoms with Crippen molar-refractivity contribution in [3.05, 3.63) is 28.8 Å². The first-order valence-corrected chi connectivity index (χ1v) is 5.70. The molecule has 82 valence electrons. The normalized spacial score (nSPS) is 20.0. The molecule has 0 amide bonds. The molecule has 0 saturated heterocycles. The van der Waals surface area contributed by atoms with E-state index in [2.05, 4.69) is 4.99 Å². The summed E-state index contributed by atoms with van der Waals surface area (Å²) in [4.78, 5) is 14.4. The van der Waals surface area contributed by atoms with E-state index >= 15 is 0 Å². The van der Waals surface area contributed by atoms with Crippen LogP contribution in [0.1, 0.15) is 36.0 Å². The van der Waals surface area contributed by atoms with Crippen LogP contribution in [0.2, 0.25) is 0 Å². The number of aryl methyl sites for hydroxylation is 1. The Balaban J connectivity index is 2.20. The van der Waals surface area contributed by atoms with Gasteiger partial charge >= 0.3 is 0 Å². The van der Waals surface area contributed by atoms with Gasteiger partial charge in [0.05, 0.1) is 0 Å². The van der Waals surface area contributed by atoms with Gasteiger partial charge in [0.25, 0.3) is 0 Å². The second-order valence-electron chi connectivity index (χ2n) is 4.69. The van der Waals surface area contributed by atoms with Gasteiger partial charge in [-0.05, 0) is 49.3 Å². The highest BCUT2D eigenvalue weighted by Crippen LogP contribution is 2.54. The monoisotopic (exact) mass is 215 g/mol. The molecule has 1 N–H and O–H groups in total. The number of hydrogen-bond acceptors (Lipinski definition) is 3. The Labute approximate surface area is 93.8 Å². The van der Waals surface area contributed by atoms with Gasteiger partial charge in [-0.1, -0.05) is 6.07 Å². The van der Waals surface area contributed by atoms with Crippen LogP contribution in [0.4, 0.5) is 0 Å². The zero-order valence-electron chi connectivity index (χ0n) is 8.99. The second kappa shape index (κ2) is 3.19. The first-order valence-electron chi connectivity index (χ1n) is 5.70. The predicted octanol–water partition coefficient (Wildman–Crippen LogP) is 2.21. The molecular formula is C13H13NO2. The molecule has 3 heteroatoms. The zero-order chi connectivity index (χ0) is 11.2. The molecule has 0 bridgehead atoms. The molecule has 0 atom stereocenters. The first kappa shape index (κ1) is 9.61. The average molecular weight is 215 g/mol. The van der Waals surface area contributed by atoms with Crippen LogP contribution in [-0.2, 0) is 23.2 Å². The molecule has 0 radical (unpaired) electrons. The Hall–Kier alpha value is -1.60. The molecule has 0 aliphatic heterocycles. The standard InChI is InChI=1S/C13H13NO2/c15-8-14-13(6-7-13)12-10-3-1-2-9(10)4-5-11(12)16/h4-5,16H,1-3,6-7H2. The third-order valence-electron chi connectivity index (χ3n) is 3.71. The zero-order valence-corrected chi connectivity index (χ0v) is 8.99.